The van der Waals surface area contributed by atoms with Crippen LogP contribution in [0.4, 0.5) is 9.52 Å². The number of fused-ring (bicyclic) bond motifs is 1. The van der Waals surface area contributed by atoms with Gasteiger partial charge in [0.1, 0.15) is 33.0 Å². The van der Waals surface area contributed by atoms with Gasteiger partial charge in [0.15, 0.2) is 10.8 Å². The lowest BCUT2D eigenvalue weighted by Gasteiger charge is -2.49. The summed E-state index contributed by atoms with van der Waals surface area (Å²) in [5.74, 6) is -3.47. The molecule has 11 nitrogen and oxygen atoms in total. The number of β-lactam (4-membered cyclic amide) rings is 1. The molecule has 2 aliphatic heterocycles. The van der Waals surface area contributed by atoms with E-state index in [1.807, 2.05) is 0 Å². The van der Waals surface area contributed by atoms with Crippen molar-refractivity contribution in [3.63, 3.8) is 0 Å². The number of carboxylic acid groups (broad SMARTS) is 1. The van der Waals surface area contributed by atoms with Crippen LogP contribution in [-0.4, -0.2) is 67.4 Å². The molecule has 1 fully saturated rings. The Morgan fingerprint density at radius 1 is 1.52 bits per heavy atom. The van der Waals surface area contributed by atoms with E-state index in [9.17, 15) is 29.1 Å². The van der Waals surface area contributed by atoms with Gasteiger partial charge in [-0.2, -0.15) is 0 Å². The lowest BCUT2D eigenvalue weighted by atomic mass is 10.0. The van der Waals surface area contributed by atoms with E-state index >= 15 is 0 Å². The molecule has 2 aliphatic rings. The highest BCUT2D eigenvalue weighted by Gasteiger charge is 2.54. The van der Waals surface area contributed by atoms with Crippen molar-refractivity contribution < 1.29 is 29.1 Å². The number of carboxylic acids is 1. The number of aliphatic carboxylic acids is 1. The number of nitrogens with two attached hydrogens (primary N) is 2. The SMILES string of the molecule is NC/C(F)=C/SC1=C(C(=O)O)N2C(=O)C(NC(=O)/C(=N\O)c3nc(N)sc3Cl)[C@H]2SC1. The van der Waals surface area contributed by atoms with Gasteiger partial charge >= 0.3 is 5.97 Å². The first-order chi connectivity index (χ1) is 14.7. The number of halogens is 2. The predicted octanol–water partition coefficient (Wildman–Crippen LogP) is 0.756. The number of thiazole rings is 1. The van der Waals surface area contributed by atoms with Crippen LogP contribution in [0.2, 0.25) is 4.34 Å². The molecule has 0 radical (unpaired) electrons. The Morgan fingerprint density at radius 3 is 2.77 bits per heavy atom. The Bertz CT molecular complexity index is 1040. The quantitative estimate of drug-likeness (QED) is 0.152. The van der Waals surface area contributed by atoms with Crippen LogP contribution in [0.3, 0.4) is 0 Å². The van der Waals surface area contributed by atoms with Crippen LogP contribution in [0, 0.1) is 0 Å². The molecule has 3 heterocycles. The monoisotopic (exact) mass is 508 g/mol. The normalized spacial score (nSPS) is 21.6. The fourth-order valence-corrected chi connectivity index (χ4v) is 6.00. The number of carbonyl (C=O) groups is 3. The summed E-state index contributed by atoms with van der Waals surface area (Å²) in [6.45, 7) is -0.335. The van der Waals surface area contributed by atoms with Crippen LogP contribution in [0.15, 0.2) is 27.0 Å². The summed E-state index contributed by atoms with van der Waals surface area (Å²) in [5, 5.41) is 24.5. The molecule has 1 saturated heterocycles. The van der Waals surface area contributed by atoms with E-state index in [4.69, 9.17) is 23.1 Å². The zero-order chi connectivity index (χ0) is 22.9. The summed E-state index contributed by atoms with van der Waals surface area (Å²) in [7, 11) is 0. The maximum Gasteiger partial charge on any atom is 0.353 e. The van der Waals surface area contributed by atoms with Gasteiger partial charge in [-0.05, 0) is 0 Å². The number of oxime groups is 1. The van der Waals surface area contributed by atoms with Crippen molar-refractivity contribution >= 4 is 75.1 Å². The third kappa shape index (κ3) is 4.50. The number of nitrogens with one attached hydrogen (secondary N) is 1. The number of aromatic nitrogens is 1. The summed E-state index contributed by atoms with van der Waals surface area (Å²) in [5.41, 5.74) is 9.71. The van der Waals surface area contributed by atoms with Gasteiger partial charge in [0.05, 0.1) is 0 Å². The topological polar surface area (TPSA) is 184 Å². The fourth-order valence-electron chi connectivity index (χ4n) is 2.74. The molecule has 2 atom stereocenters. The second-order valence-electron chi connectivity index (χ2n) is 5.95. The van der Waals surface area contributed by atoms with Crippen molar-refractivity contribution in [3.8, 4) is 0 Å². The Kier molecular flexibility index (Phi) is 7.10. The minimum atomic E-state index is -1.37. The molecule has 0 aliphatic carbocycles. The molecular formula is C15H14ClFN6O5S3. The molecule has 1 aromatic heterocycles. The fraction of sp³-hybridized carbons (Fsp3) is 0.267. The maximum absolute atomic E-state index is 13.3. The molecule has 0 aromatic carbocycles. The average Bonchev–Trinajstić information content (AvgIpc) is 3.07. The third-order valence-electron chi connectivity index (χ3n) is 4.09. The van der Waals surface area contributed by atoms with E-state index in [0.29, 0.717) is 0 Å². The lowest BCUT2D eigenvalue weighted by molar-refractivity contribution is -0.150. The number of amides is 2. The van der Waals surface area contributed by atoms with E-state index in [1.54, 1.807) is 0 Å². The van der Waals surface area contributed by atoms with E-state index in [-0.39, 0.29) is 38.1 Å². The zero-order valence-corrected chi connectivity index (χ0v) is 18.4. The smallest absolute Gasteiger partial charge is 0.353 e. The molecule has 31 heavy (non-hydrogen) atoms. The molecule has 0 bridgehead atoms. The van der Waals surface area contributed by atoms with Crippen molar-refractivity contribution in [2.45, 2.75) is 11.4 Å². The average molecular weight is 509 g/mol. The Hall–Kier alpha value is -2.33. The number of nitrogen functional groups attached to an aromatic ring is 1. The highest BCUT2D eigenvalue weighted by atomic mass is 35.5. The second kappa shape index (κ2) is 9.44. The largest absolute Gasteiger partial charge is 0.477 e. The van der Waals surface area contributed by atoms with E-state index in [1.165, 1.54) is 11.8 Å². The first kappa shape index (κ1) is 23.3. The van der Waals surface area contributed by atoms with Crippen LogP contribution in [0.5, 0.6) is 0 Å². The van der Waals surface area contributed by atoms with Crippen LogP contribution < -0.4 is 16.8 Å². The first-order valence-corrected chi connectivity index (χ1v) is 11.4. The number of anilines is 1. The highest BCUT2D eigenvalue weighted by Crippen LogP contribution is 2.43. The van der Waals surface area contributed by atoms with Crippen molar-refractivity contribution in [1.82, 2.24) is 15.2 Å². The molecule has 2 amide bonds. The van der Waals surface area contributed by atoms with Crippen LogP contribution in [-0.2, 0) is 14.4 Å². The summed E-state index contributed by atoms with van der Waals surface area (Å²) < 4.78 is 13.3. The number of thioether (sulfide) groups is 2. The van der Waals surface area contributed by atoms with E-state index in [0.717, 1.165) is 33.4 Å². The van der Waals surface area contributed by atoms with Crippen LogP contribution in [0.1, 0.15) is 5.69 Å². The number of hydrogen-bond donors (Lipinski definition) is 5. The molecule has 3 rings (SSSR count). The second-order valence-corrected chi connectivity index (χ2v) is 9.65. The lowest BCUT2D eigenvalue weighted by Crippen LogP contribution is -2.71. The number of hydrogen-bond acceptors (Lipinski definition) is 11. The van der Waals surface area contributed by atoms with Gasteiger partial charge in [0.25, 0.3) is 11.8 Å². The van der Waals surface area contributed by atoms with Crippen molar-refractivity contribution in [3.05, 3.63) is 31.9 Å². The standard InChI is InChI=1S/C15H14ClFN6O5S3/c16-10-6(21-15(19)31-10)7(22-28)11(24)20-8-12(25)23-9(14(26)27)5(3-30-13(8)23)29-2-4(17)1-18/h2,8,13,28H,1,3,18H2,(H2,19,21)(H,20,24)(H,26,27)/b4-2-,22-7-/t8?,13-/m1/s1. The van der Waals surface area contributed by atoms with Crippen LogP contribution in [0.25, 0.3) is 0 Å². The maximum atomic E-state index is 13.3. The minimum Gasteiger partial charge on any atom is -0.477 e. The molecule has 0 spiro atoms. The van der Waals surface area contributed by atoms with Gasteiger partial charge in [-0.3, -0.25) is 14.5 Å². The van der Waals surface area contributed by atoms with Gasteiger partial charge in [0, 0.05) is 22.6 Å². The molecule has 166 valence electrons. The van der Waals surface area contributed by atoms with E-state index in [2.05, 4.69) is 15.5 Å². The van der Waals surface area contributed by atoms with Gasteiger partial charge in [-0.15, -0.1) is 11.8 Å². The molecule has 1 aromatic rings. The predicted molar refractivity (Wildman–Crippen MR) is 115 cm³/mol. The molecule has 16 heteroatoms. The van der Waals surface area contributed by atoms with Crippen LogP contribution >= 0.6 is 46.5 Å². The molecule has 0 saturated carbocycles. The number of rotatable bonds is 7. The minimum absolute atomic E-state index is 0.0181. The van der Waals surface area contributed by atoms with Crippen molar-refractivity contribution in [2.75, 3.05) is 18.0 Å². The number of nitrogens with zero attached hydrogens (tertiary/aromatic N) is 3. The third-order valence-corrected chi connectivity index (χ3v) is 7.63. The van der Waals surface area contributed by atoms with Gasteiger partial charge in [0.2, 0.25) is 0 Å². The zero-order valence-electron chi connectivity index (χ0n) is 15.2. The summed E-state index contributed by atoms with van der Waals surface area (Å²) in [6.07, 6.45) is 0. The van der Waals surface area contributed by atoms with Crippen molar-refractivity contribution in [1.29, 1.82) is 0 Å². The molecular weight excluding hydrogens is 495 g/mol. The number of carbonyl (C=O) groups excluding carboxylic acids is 2. The van der Waals surface area contributed by atoms with Gasteiger partial charge in [-0.1, -0.05) is 39.9 Å². The first-order valence-electron chi connectivity index (χ1n) is 8.27. The van der Waals surface area contributed by atoms with E-state index < -0.39 is 40.7 Å². The van der Waals surface area contributed by atoms with Gasteiger partial charge in [-0.25, -0.2) is 14.2 Å². The summed E-state index contributed by atoms with van der Waals surface area (Å²) in [4.78, 5) is 42.0. The molecule has 7 N–H and O–H groups in total. The van der Waals surface area contributed by atoms with Crippen molar-refractivity contribution in [2.24, 2.45) is 10.9 Å². The highest BCUT2D eigenvalue weighted by molar-refractivity contribution is 8.08. The summed E-state index contributed by atoms with van der Waals surface area (Å²) >= 11 is 8.81. The summed E-state index contributed by atoms with van der Waals surface area (Å²) in [6, 6.07) is -1.08. The molecule has 1 unspecified atom stereocenters. The Labute approximate surface area is 191 Å². The Morgan fingerprint density at radius 2 is 2.23 bits per heavy atom. The van der Waals surface area contributed by atoms with Gasteiger partial charge < -0.3 is 27.1 Å². The Balaban J connectivity index is 1.79.